The third-order valence-electron chi connectivity index (χ3n) is 3.40. The summed E-state index contributed by atoms with van der Waals surface area (Å²) in [6, 6.07) is 0. The number of nitrogens with zero attached hydrogens (tertiary/aromatic N) is 5. The van der Waals surface area contributed by atoms with Crippen LogP contribution in [0.5, 0.6) is 0 Å². The van der Waals surface area contributed by atoms with Crippen molar-refractivity contribution in [3.05, 3.63) is 39.5 Å². The first-order valence-electron chi connectivity index (χ1n) is 6.88. The van der Waals surface area contributed by atoms with Gasteiger partial charge in [-0.05, 0) is 20.8 Å². The van der Waals surface area contributed by atoms with E-state index in [4.69, 9.17) is 0 Å². The normalized spacial score (nSPS) is 10.7. The van der Waals surface area contributed by atoms with Crippen molar-refractivity contribution in [1.82, 2.24) is 24.9 Å². The molecule has 2 aromatic rings. The molecule has 0 saturated heterocycles. The van der Waals surface area contributed by atoms with Crippen LogP contribution < -0.4 is 5.32 Å². The Kier molecular flexibility index (Phi) is 4.54. The van der Waals surface area contributed by atoms with Crippen LogP contribution >= 0.6 is 0 Å². The summed E-state index contributed by atoms with van der Waals surface area (Å²) in [6.45, 7) is 6.56. The molecule has 0 fully saturated rings. The highest BCUT2D eigenvalue weighted by Gasteiger charge is 2.16. The first kappa shape index (κ1) is 15.7. The van der Waals surface area contributed by atoms with Gasteiger partial charge in [-0.1, -0.05) is 0 Å². The monoisotopic (exact) mass is 306 g/mol. The molecule has 0 radical (unpaired) electrons. The second-order valence-corrected chi connectivity index (χ2v) is 4.90. The summed E-state index contributed by atoms with van der Waals surface area (Å²) in [7, 11) is 0. The quantitative estimate of drug-likeness (QED) is 0.631. The highest BCUT2D eigenvalue weighted by Crippen LogP contribution is 2.14. The zero-order valence-electron chi connectivity index (χ0n) is 12.7. The van der Waals surface area contributed by atoms with E-state index < -0.39 is 4.92 Å². The van der Waals surface area contributed by atoms with Gasteiger partial charge in [-0.15, -0.1) is 0 Å². The molecule has 22 heavy (non-hydrogen) atoms. The molecule has 0 aromatic carbocycles. The molecule has 1 amide bonds. The lowest BCUT2D eigenvalue weighted by molar-refractivity contribution is -0.385. The summed E-state index contributed by atoms with van der Waals surface area (Å²) in [5, 5.41) is 21.7. The van der Waals surface area contributed by atoms with Crippen LogP contribution in [0, 0.1) is 24.0 Å². The molecule has 0 unspecified atom stereocenters. The number of hydrogen-bond donors (Lipinski definition) is 1. The highest BCUT2D eigenvalue weighted by molar-refractivity contribution is 5.75. The van der Waals surface area contributed by atoms with Crippen LogP contribution in [0.3, 0.4) is 0 Å². The second-order valence-electron chi connectivity index (χ2n) is 4.90. The van der Waals surface area contributed by atoms with Gasteiger partial charge in [0, 0.05) is 24.3 Å². The van der Waals surface area contributed by atoms with Crippen LogP contribution in [0.2, 0.25) is 0 Å². The SMILES string of the molecule is CCn1ncc(CNC(=O)Cn2cc([N+](=O)[O-])c(C)n2)c1C. The van der Waals surface area contributed by atoms with Gasteiger partial charge in [0.2, 0.25) is 5.91 Å². The molecule has 0 aliphatic heterocycles. The Bertz CT molecular complexity index is 703. The lowest BCUT2D eigenvalue weighted by Crippen LogP contribution is -2.27. The molecule has 0 saturated carbocycles. The van der Waals surface area contributed by atoms with E-state index in [1.165, 1.54) is 17.8 Å². The molecule has 0 atom stereocenters. The Morgan fingerprint density at radius 1 is 1.45 bits per heavy atom. The number of aryl methyl sites for hydroxylation is 2. The summed E-state index contributed by atoms with van der Waals surface area (Å²) in [4.78, 5) is 22.1. The average molecular weight is 306 g/mol. The summed E-state index contributed by atoms with van der Waals surface area (Å²) in [6.07, 6.45) is 2.98. The summed E-state index contributed by atoms with van der Waals surface area (Å²) < 4.78 is 3.12. The molecule has 2 aromatic heterocycles. The van der Waals surface area contributed by atoms with E-state index >= 15 is 0 Å². The number of rotatable bonds is 6. The van der Waals surface area contributed by atoms with Gasteiger partial charge in [-0.3, -0.25) is 24.3 Å². The maximum atomic E-state index is 11.9. The van der Waals surface area contributed by atoms with Crippen molar-refractivity contribution in [1.29, 1.82) is 0 Å². The Labute approximate surface area is 127 Å². The molecule has 2 rings (SSSR count). The Morgan fingerprint density at radius 2 is 2.18 bits per heavy atom. The van der Waals surface area contributed by atoms with Crippen LogP contribution in [0.4, 0.5) is 5.69 Å². The van der Waals surface area contributed by atoms with E-state index in [2.05, 4.69) is 15.5 Å². The molecule has 0 bridgehead atoms. The zero-order chi connectivity index (χ0) is 16.3. The van der Waals surface area contributed by atoms with Gasteiger partial charge in [-0.2, -0.15) is 10.2 Å². The molecule has 0 aliphatic rings. The molecule has 1 N–H and O–H groups in total. The van der Waals surface area contributed by atoms with Crippen molar-refractivity contribution in [2.45, 2.75) is 40.4 Å². The summed E-state index contributed by atoms with van der Waals surface area (Å²) in [5.41, 5.74) is 2.15. The minimum atomic E-state index is -0.515. The third kappa shape index (κ3) is 3.30. The van der Waals surface area contributed by atoms with E-state index in [0.29, 0.717) is 6.54 Å². The van der Waals surface area contributed by atoms with Crippen molar-refractivity contribution < 1.29 is 9.72 Å². The number of amides is 1. The largest absolute Gasteiger partial charge is 0.350 e. The minimum absolute atomic E-state index is 0.0599. The fourth-order valence-electron chi connectivity index (χ4n) is 2.14. The van der Waals surface area contributed by atoms with Crippen molar-refractivity contribution in [2.75, 3.05) is 0 Å². The average Bonchev–Trinajstić information content (AvgIpc) is 2.99. The van der Waals surface area contributed by atoms with Gasteiger partial charge in [0.15, 0.2) is 0 Å². The third-order valence-corrected chi connectivity index (χ3v) is 3.40. The fraction of sp³-hybridized carbons (Fsp3) is 0.462. The number of carbonyl (C=O) groups is 1. The van der Waals surface area contributed by atoms with Gasteiger partial charge >= 0.3 is 5.69 Å². The number of hydrogen-bond acceptors (Lipinski definition) is 5. The van der Waals surface area contributed by atoms with Crippen molar-refractivity contribution >= 4 is 11.6 Å². The summed E-state index contributed by atoms with van der Waals surface area (Å²) in [5.74, 6) is -0.263. The van der Waals surface area contributed by atoms with Crippen LogP contribution in [0.15, 0.2) is 12.4 Å². The Hall–Kier alpha value is -2.71. The topological polar surface area (TPSA) is 108 Å². The van der Waals surface area contributed by atoms with E-state index in [1.807, 2.05) is 18.5 Å². The van der Waals surface area contributed by atoms with Gasteiger partial charge in [0.25, 0.3) is 0 Å². The molecule has 0 aliphatic carbocycles. The molecule has 118 valence electrons. The second kappa shape index (κ2) is 6.37. The molecule has 2 heterocycles. The van der Waals surface area contributed by atoms with Crippen molar-refractivity contribution in [3.8, 4) is 0 Å². The first-order valence-corrected chi connectivity index (χ1v) is 6.88. The lowest BCUT2D eigenvalue weighted by atomic mass is 10.2. The fourth-order valence-corrected chi connectivity index (χ4v) is 2.14. The highest BCUT2D eigenvalue weighted by atomic mass is 16.6. The Morgan fingerprint density at radius 3 is 2.73 bits per heavy atom. The van der Waals surface area contributed by atoms with E-state index in [-0.39, 0.29) is 23.8 Å². The van der Waals surface area contributed by atoms with Crippen LogP contribution in [0.25, 0.3) is 0 Å². The smallest absolute Gasteiger partial charge is 0.309 e. The van der Waals surface area contributed by atoms with Crippen molar-refractivity contribution in [3.63, 3.8) is 0 Å². The first-order chi connectivity index (χ1) is 10.4. The molecule has 9 nitrogen and oxygen atoms in total. The van der Waals surface area contributed by atoms with Gasteiger partial charge < -0.3 is 5.32 Å². The van der Waals surface area contributed by atoms with Gasteiger partial charge in [-0.25, -0.2) is 0 Å². The lowest BCUT2D eigenvalue weighted by Gasteiger charge is -2.05. The van der Waals surface area contributed by atoms with E-state index in [9.17, 15) is 14.9 Å². The predicted octanol–water partition coefficient (Wildman–Crippen LogP) is 0.941. The number of carbonyl (C=O) groups excluding carboxylic acids is 1. The van der Waals surface area contributed by atoms with Gasteiger partial charge in [0.05, 0.1) is 11.1 Å². The maximum Gasteiger partial charge on any atom is 0.309 e. The molecule has 9 heteroatoms. The molecular weight excluding hydrogens is 288 g/mol. The molecule has 0 spiro atoms. The van der Waals surface area contributed by atoms with Gasteiger partial charge in [0.1, 0.15) is 18.4 Å². The standard InChI is InChI=1S/C13H18N6O3/c1-4-18-10(3)11(6-15-18)5-14-13(20)8-17-7-12(19(21)22)9(2)16-17/h6-7H,4-5,8H2,1-3H3,(H,14,20). The van der Waals surface area contributed by atoms with E-state index in [0.717, 1.165) is 17.8 Å². The minimum Gasteiger partial charge on any atom is -0.350 e. The summed E-state index contributed by atoms with van der Waals surface area (Å²) >= 11 is 0. The predicted molar refractivity (Wildman–Crippen MR) is 78.1 cm³/mol. The molecular formula is C13H18N6O3. The van der Waals surface area contributed by atoms with E-state index in [1.54, 1.807) is 6.20 Å². The van der Waals surface area contributed by atoms with Crippen molar-refractivity contribution in [2.24, 2.45) is 0 Å². The zero-order valence-corrected chi connectivity index (χ0v) is 12.7. The number of aromatic nitrogens is 4. The maximum absolute atomic E-state index is 11.9. The number of nitro groups is 1. The Balaban J connectivity index is 1.94. The number of nitrogens with one attached hydrogen (secondary N) is 1. The van der Waals surface area contributed by atoms with Crippen LogP contribution in [0.1, 0.15) is 23.9 Å². The van der Waals surface area contributed by atoms with Crippen LogP contribution in [-0.2, 0) is 24.4 Å². The van der Waals surface area contributed by atoms with Crippen LogP contribution in [-0.4, -0.2) is 30.4 Å².